The molecule has 2 aromatic carbocycles. The zero-order chi connectivity index (χ0) is 18.7. The van der Waals surface area contributed by atoms with Crippen LogP contribution in [0.25, 0.3) is 0 Å². The van der Waals surface area contributed by atoms with Crippen molar-refractivity contribution in [1.82, 2.24) is 4.98 Å². The Morgan fingerprint density at radius 3 is 2.54 bits per heavy atom. The Labute approximate surface area is 152 Å². The second-order valence-electron chi connectivity index (χ2n) is 5.42. The number of hydrogen-bond donors (Lipinski definition) is 1. The highest BCUT2D eigenvalue weighted by Gasteiger charge is 2.16. The van der Waals surface area contributed by atoms with Gasteiger partial charge in [-0.25, -0.2) is 18.6 Å². The number of nitrogens with zero attached hydrogens (tertiary/aromatic N) is 2. The molecule has 1 heterocycles. The zero-order valence-electron chi connectivity index (χ0n) is 14.0. The SMILES string of the molecule is Cc1nc(NC(=O)N(C)c2cccc(F)c2)sc1Oc1cccc(F)c1. The summed E-state index contributed by atoms with van der Waals surface area (Å²) in [5.74, 6) is -0.501. The molecule has 0 aliphatic carbocycles. The van der Waals surface area contributed by atoms with Gasteiger partial charge in [0.1, 0.15) is 17.4 Å². The van der Waals surface area contributed by atoms with Crippen LogP contribution in [0.15, 0.2) is 48.5 Å². The topological polar surface area (TPSA) is 54.5 Å². The van der Waals surface area contributed by atoms with Crippen molar-refractivity contribution in [2.75, 3.05) is 17.3 Å². The monoisotopic (exact) mass is 375 g/mol. The number of aromatic nitrogens is 1. The quantitative estimate of drug-likeness (QED) is 0.683. The molecule has 3 rings (SSSR count). The number of ether oxygens (including phenoxy) is 1. The number of benzene rings is 2. The van der Waals surface area contributed by atoms with Crippen molar-refractivity contribution in [2.24, 2.45) is 0 Å². The van der Waals surface area contributed by atoms with Gasteiger partial charge in [0.05, 0.1) is 5.69 Å². The number of amides is 2. The van der Waals surface area contributed by atoms with Gasteiger partial charge in [-0.2, -0.15) is 0 Å². The molecule has 0 bridgehead atoms. The lowest BCUT2D eigenvalue weighted by molar-refractivity contribution is 0.258. The molecular weight excluding hydrogens is 360 g/mol. The van der Waals surface area contributed by atoms with Crippen LogP contribution in [0.5, 0.6) is 10.8 Å². The minimum Gasteiger partial charge on any atom is -0.445 e. The van der Waals surface area contributed by atoms with Crippen molar-refractivity contribution in [3.05, 3.63) is 65.9 Å². The maximum atomic E-state index is 13.3. The summed E-state index contributed by atoms with van der Waals surface area (Å²) in [5.41, 5.74) is 0.968. The van der Waals surface area contributed by atoms with E-state index in [2.05, 4.69) is 10.3 Å². The maximum Gasteiger partial charge on any atom is 0.327 e. The Morgan fingerprint density at radius 2 is 1.85 bits per heavy atom. The van der Waals surface area contributed by atoms with Gasteiger partial charge in [-0.1, -0.05) is 23.5 Å². The molecule has 8 heteroatoms. The summed E-state index contributed by atoms with van der Waals surface area (Å²) < 4.78 is 32.2. The second-order valence-corrected chi connectivity index (χ2v) is 6.38. The number of aryl methyl sites for hydroxylation is 1. The fourth-order valence-electron chi connectivity index (χ4n) is 2.15. The van der Waals surface area contributed by atoms with E-state index in [1.54, 1.807) is 19.1 Å². The highest BCUT2D eigenvalue weighted by molar-refractivity contribution is 7.17. The summed E-state index contributed by atoms with van der Waals surface area (Å²) in [4.78, 5) is 17.8. The number of thiazole rings is 1. The van der Waals surface area contributed by atoms with Crippen molar-refractivity contribution >= 4 is 28.2 Å². The van der Waals surface area contributed by atoms with Crippen LogP contribution in [0.2, 0.25) is 0 Å². The molecule has 26 heavy (non-hydrogen) atoms. The van der Waals surface area contributed by atoms with E-state index in [0.29, 0.717) is 27.3 Å². The third kappa shape index (κ3) is 4.15. The minimum atomic E-state index is -0.471. The normalized spacial score (nSPS) is 10.5. The number of carbonyl (C=O) groups is 1. The number of halogens is 2. The second kappa shape index (κ2) is 7.49. The average Bonchev–Trinajstić information content (AvgIpc) is 2.93. The number of anilines is 2. The molecule has 0 aliphatic rings. The predicted molar refractivity (Wildman–Crippen MR) is 97.1 cm³/mol. The summed E-state index contributed by atoms with van der Waals surface area (Å²) in [6.07, 6.45) is 0. The van der Waals surface area contributed by atoms with Gasteiger partial charge < -0.3 is 4.74 Å². The molecule has 0 aliphatic heterocycles. The third-order valence-corrected chi connectivity index (χ3v) is 4.43. The largest absolute Gasteiger partial charge is 0.445 e. The van der Waals surface area contributed by atoms with Crippen LogP contribution in [-0.4, -0.2) is 18.1 Å². The molecule has 3 aromatic rings. The van der Waals surface area contributed by atoms with E-state index in [0.717, 1.165) is 11.3 Å². The smallest absolute Gasteiger partial charge is 0.327 e. The highest BCUT2D eigenvalue weighted by atomic mass is 32.1. The molecular formula is C18H15F2N3O2S. The Hall–Kier alpha value is -3.00. The lowest BCUT2D eigenvalue weighted by atomic mass is 10.3. The van der Waals surface area contributed by atoms with Crippen LogP contribution in [0.1, 0.15) is 5.69 Å². The number of hydrogen-bond acceptors (Lipinski definition) is 4. The number of urea groups is 1. The summed E-state index contributed by atoms with van der Waals surface area (Å²) in [6, 6.07) is 11.0. The van der Waals surface area contributed by atoms with Gasteiger partial charge in [0.25, 0.3) is 0 Å². The Kier molecular flexibility index (Phi) is 5.13. The first-order valence-electron chi connectivity index (χ1n) is 7.63. The first-order chi connectivity index (χ1) is 12.4. The molecule has 0 radical (unpaired) electrons. The van der Waals surface area contributed by atoms with E-state index in [4.69, 9.17) is 4.74 Å². The zero-order valence-corrected chi connectivity index (χ0v) is 14.8. The summed E-state index contributed by atoms with van der Waals surface area (Å²) >= 11 is 1.12. The Morgan fingerprint density at radius 1 is 1.15 bits per heavy atom. The van der Waals surface area contributed by atoms with E-state index in [9.17, 15) is 13.6 Å². The van der Waals surface area contributed by atoms with E-state index < -0.39 is 17.7 Å². The minimum absolute atomic E-state index is 0.321. The van der Waals surface area contributed by atoms with Crippen LogP contribution < -0.4 is 15.0 Å². The Balaban J connectivity index is 1.71. The van der Waals surface area contributed by atoms with Gasteiger partial charge >= 0.3 is 6.03 Å². The predicted octanol–water partition coefficient (Wildman–Crippen LogP) is 5.19. The summed E-state index contributed by atoms with van der Waals surface area (Å²) in [6.45, 7) is 1.72. The highest BCUT2D eigenvalue weighted by Crippen LogP contribution is 2.34. The van der Waals surface area contributed by atoms with Gasteiger partial charge in [0.15, 0.2) is 5.13 Å². The molecule has 0 saturated carbocycles. The van der Waals surface area contributed by atoms with Crippen molar-refractivity contribution in [1.29, 1.82) is 0 Å². The molecule has 0 saturated heterocycles. The molecule has 0 atom stereocenters. The van der Waals surface area contributed by atoms with Crippen LogP contribution in [-0.2, 0) is 0 Å². The first-order valence-corrected chi connectivity index (χ1v) is 8.45. The van der Waals surface area contributed by atoms with Gasteiger partial charge in [-0.05, 0) is 37.3 Å². The van der Waals surface area contributed by atoms with Crippen molar-refractivity contribution in [3.8, 4) is 10.8 Å². The van der Waals surface area contributed by atoms with E-state index in [-0.39, 0.29) is 0 Å². The van der Waals surface area contributed by atoms with Crippen molar-refractivity contribution < 1.29 is 18.3 Å². The van der Waals surface area contributed by atoms with E-state index >= 15 is 0 Å². The standard InChI is InChI=1S/C18H15F2N3O2S/c1-11-16(25-15-8-4-6-13(20)10-15)26-17(21-11)22-18(24)23(2)14-7-3-5-12(19)9-14/h3-10H,1-2H3,(H,21,22,24). The molecule has 0 unspecified atom stereocenters. The van der Waals surface area contributed by atoms with Gasteiger partial charge in [0.2, 0.25) is 5.06 Å². The maximum absolute atomic E-state index is 13.3. The van der Waals surface area contributed by atoms with Gasteiger partial charge in [0, 0.05) is 18.8 Å². The van der Waals surface area contributed by atoms with Crippen molar-refractivity contribution in [2.45, 2.75) is 6.92 Å². The third-order valence-electron chi connectivity index (χ3n) is 3.47. The molecule has 134 valence electrons. The van der Waals surface area contributed by atoms with Crippen LogP contribution in [0.3, 0.4) is 0 Å². The summed E-state index contributed by atoms with van der Waals surface area (Å²) in [7, 11) is 1.52. The summed E-state index contributed by atoms with van der Waals surface area (Å²) in [5, 5.41) is 3.40. The first kappa shape index (κ1) is 17.8. The average molecular weight is 375 g/mol. The molecule has 0 spiro atoms. The molecule has 1 N–H and O–H groups in total. The van der Waals surface area contributed by atoms with Gasteiger partial charge in [-0.15, -0.1) is 0 Å². The lowest BCUT2D eigenvalue weighted by Crippen LogP contribution is -2.31. The van der Waals surface area contributed by atoms with E-state index in [1.807, 2.05) is 0 Å². The van der Waals surface area contributed by atoms with Gasteiger partial charge in [-0.3, -0.25) is 10.2 Å². The Bertz CT molecular complexity index is 946. The fourth-order valence-corrected chi connectivity index (χ4v) is 2.97. The fraction of sp³-hybridized carbons (Fsp3) is 0.111. The molecule has 5 nitrogen and oxygen atoms in total. The van der Waals surface area contributed by atoms with E-state index in [1.165, 1.54) is 48.3 Å². The van der Waals surface area contributed by atoms with Crippen LogP contribution in [0, 0.1) is 18.6 Å². The van der Waals surface area contributed by atoms with Crippen molar-refractivity contribution in [3.63, 3.8) is 0 Å². The van der Waals surface area contributed by atoms with Crippen LogP contribution in [0.4, 0.5) is 24.4 Å². The van der Waals surface area contributed by atoms with Crippen LogP contribution >= 0.6 is 11.3 Å². The molecule has 0 fully saturated rings. The lowest BCUT2D eigenvalue weighted by Gasteiger charge is -2.16. The number of rotatable bonds is 4. The number of nitrogens with one attached hydrogen (secondary N) is 1. The number of carbonyl (C=O) groups excluding carboxylic acids is 1. The molecule has 2 amide bonds. The molecule has 1 aromatic heterocycles.